The Balaban J connectivity index is 3.42. The van der Waals surface area contributed by atoms with Gasteiger partial charge in [-0.1, -0.05) is 0 Å². The molecule has 0 saturated carbocycles. The fourth-order valence-corrected chi connectivity index (χ4v) is 1.50. The normalized spacial score (nSPS) is 12.4. The molecule has 7 N–H and O–H groups in total. The van der Waals surface area contributed by atoms with Gasteiger partial charge in [-0.25, -0.2) is 9.59 Å². The first-order valence-corrected chi connectivity index (χ1v) is 4.54. The quantitative estimate of drug-likeness (QED) is 0.477. The van der Waals surface area contributed by atoms with Crippen molar-refractivity contribution in [1.82, 2.24) is 4.98 Å². The van der Waals surface area contributed by atoms with Crippen LogP contribution in [-0.4, -0.2) is 33.7 Å². The van der Waals surface area contributed by atoms with Crippen LogP contribution >= 0.6 is 0 Å². The van der Waals surface area contributed by atoms with Crippen molar-refractivity contribution in [2.45, 2.75) is 13.0 Å². The van der Waals surface area contributed by atoms with Crippen LogP contribution in [0.4, 0.5) is 0 Å². The summed E-state index contributed by atoms with van der Waals surface area (Å²) in [4.78, 5) is 24.3. The summed E-state index contributed by atoms with van der Waals surface area (Å²) in [6.45, 7) is 1.44. The van der Waals surface area contributed by atoms with Gasteiger partial charge in [-0.3, -0.25) is 0 Å². The second-order valence-electron chi connectivity index (χ2n) is 3.37. The second-order valence-corrected chi connectivity index (χ2v) is 3.37. The summed E-state index contributed by atoms with van der Waals surface area (Å²) in [5.74, 6) is -2.45. The van der Waals surface area contributed by atoms with Crippen LogP contribution in [0.3, 0.4) is 0 Å². The maximum absolute atomic E-state index is 11.0. The first kappa shape index (κ1) is 12.2. The minimum Gasteiger partial charge on any atom is -0.478 e. The fourth-order valence-electron chi connectivity index (χ4n) is 1.50. The summed E-state index contributed by atoms with van der Waals surface area (Å²) < 4.78 is 0. The molecule has 1 aromatic heterocycles. The van der Waals surface area contributed by atoms with Crippen LogP contribution in [0, 0.1) is 6.92 Å². The molecule has 16 heavy (non-hydrogen) atoms. The highest BCUT2D eigenvalue weighted by Gasteiger charge is 2.25. The van der Waals surface area contributed by atoms with Crippen LogP contribution in [-0.2, 0) is 0 Å². The van der Waals surface area contributed by atoms with Crippen molar-refractivity contribution in [2.75, 3.05) is 6.54 Å². The summed E-state index contributed by atoms with van der Waals surface area (Å²) in [7, 11) is 0. The van der Waals surface area contributed by atoms with Gasteiger partial charge in [-0.05, 0) is 12.5 Å². The van der Waals surface area contributed by atoms with E-state index in [0.29, 0.717) is 0 Å². The first-order chi connectivity index (χ1) is 7.40. The first-order valence-electron chi connectivity index (χ1n) is 4.54. The van der Waals surface area contributed by atoms with Crippen LogP contribution in [0.5, 0.6) is 0 Å². The highest BCUT2D eigenvalue weighted by molar-refractivity contribution is 5.97. The van der Waals surface area contributed by atoms with Crippen LogP contribution in [0.2, 0.25) is 0 Å². The molecular formula is C9H13N3O4. The van der Waals surface area contributed by atoms with Gasteiger partial charge in [-0.2, -0.15) is 0 Å². The van der Waals surface area contributed by atoms with Gasteiger partial charge in [0.2, 0.25) is 0 Å². The van der Waals surface area contributed by atoms with Gasteiger partial charge in [0, 0.05) is 12.2 Å². The Hall–Kier alpha value is -1.86. The van der Waals surface area contributed by atoms with Gasteiger partial charge < -0.3 is 26.7 Å². The number of nitrogens with two attached hydrogens (primary N) is 2. The molecule has 1 rings (SSSR count). The standard InChI is InChI=1S/C9H13N3O4/c1-3-5(8(13)14)7(4(11)2-10)12-6(3)9(15)16/h4,12H,2,10-11H2,1H3,(H,13,14)(H,15,16). The Bertz CT molecular complexity index is 438. The van der Waals surface area contributed by atoms with E-state index in [2.05, 4.69) is 4.98 Å². The lowest BCUT2D eigenvalue weighted by Crippen LogP contribution is -2.23. The minimum atomic E-state index is -1.23. The van der Waals surface area contributed by atoms with Gasteiger partial charge >= 0.3 is 11.9 Å². The Kier molecular flexibility index (Phi) is 3.31. The Labute approximate surface area is 91.1 Å². The number of carboxylic acid groups (broad SMARTS) is 2. The van der Waals surface area contributed by atoms with Gasteiger partial charge in [0.25, 0.3) is 0 Å². The van der Waals surface area contributed by atoms with Crippen molar-refractivity contribution in [3.63, 3.8) is 0 Å². The molecular weight excluding hydrogens is 214 g/mol. The van der Waals surface area contributed by atoms with E-state index < -0.39 is 18.0 Å². The SMILES string of the molecule is Cc1c(C(=O)O)[nH]c(C(N)CN)c1C(=O)O. The second kappa shape index (κ2) is 4.33. The maximum Gasteiger partial charge on any atom is 0.352 e. The van der Waals surface area contributed by atoms with Gasteiger partial charge in [0.1, 0.15) is 5.69 Å². The molecule has 0 amide bonds. The van der Waals surface area contributed by atoms with E-state index in [4.69, 9.17) is 21.7 Å². The molecule has 1 heterocycles. The van der Waals surface area contributed by atoms with Crippen molar-refractivity contribution in [3.8, 4) is 0 Å². The third kappa shape index (κ3) is 1.90. The number of carboxylic acids is 2. The van der Waals surface area contributed by atoms with Crippen LogP contribution in [0.15, 0.2) is 0 Å². The molecule has 0 aromatic carbocycles. The molecule has 88 valence electrons. The number of aromatic amines is 1. The minimum absolute atomic E-state index is 0.0271. The predicted octanol–water partition coefficient (Wildman–Crippen LogP) is -0.322. The number of H-pyrrole nitrogens is 1. The zero-order valence-corrected chi connectivity index (χ0v) is 8.65. The van der Waals surface area contributed by atoms with Crippen LogP contribution < -0.4 is 11.5 Å². The number of hydrogen-bond donors (Lipinski definition) is 5. The number of rotatable bonds is 4. The Morgan fingerprint density at radius 3 is 2.31 bits per heavy atom. The maximum atomic E-state index is 11.0. The van der Waals surface area contributed by atoms with Crippen molar-refractivity contribution < 1.29 is 19.8 Å². The number of hydrogen-bond acceptors (Lipinski definition) is 4. The zero-order chi connectivity index (χ0) is 12.5. The van der Waals surface area contributed by atoms with E-state index >= 15 is 0 Å². The summed E-state index contributed by atoms with van der Waals surface area (Å²) in [5.41, 5.74) is 10.9. The van der Waals surface area contributed by atoms with Crippen LogP contribution in [0.25, 0.3) is 0 Å². The summed E-state index contributed by atoms with van der Waals surface area (Å²) in [5, 5.41) is 17.8. The van der Waals surface area contributed by atoms with Crippen molar-refractivity contribution in [1.29, 1.82) is 0 Å². The predicted molar refractivity (Wildman–Crippen MR) is 55.4 cm³/mol. The van der Waals surface area contributed by atoms with E-state index in [1.807, 2.05) is 0 Å². The highest BCUT2D eigenvalue weighted by atomic mass is 16.4. The molecule has 0 aliphatic carbocycles. The lowest BCUT2D eigenvalue weighted by molar-refractivity contribution is 0.0687. The van der Waals surface area contributed by atoms with E-state index in [1.165, 1.54) is 6.92 Å². The molecule has 0 radical (unpaired) electrons. The van der Waals surface area contributed by atoms with Gasteiger partial charge in [0.15, 0.2) is 0 Å². The third-order valence-corrected chi connectivity index (χ3v) is 2.33. The summed E-state index contributed by atoms with van der Waals surface area (Å²) in [6.07, 6.45) is 0. The number of aromatic carboxylic acids is 2. The Morgan fingerprint density at radius 1 is 1.38 bits per heavy atom. The van der Waals surface area contributed by atoms with Gasteiger partial charge in [-0.15, -0.1) is 0 Å². The van der Waals surface area contributed by atoms with E-state index in [0.717, 1.165) is 0 Å². The third-order valence-electron chi connectivity index (χ3n) is 2.33. The molecule has 1 unspecified atom stereocenters. The van der Waals surface area contributed by atoms with E-state index in [-0.39, 0.29) is 29.1 Å². The molecule has 0 aliphatic rings. The fraction of sp³-hybridized carbons (Fsp3) is 0.333. The summed E-state index contributed by atoms with van der Waals surface area (Å²) >= 11 is 0. The molecule has 0 spiro atoms. The monoisotopic (exact) mass is 227 g/mol. The zero-order valence-electron chi connectivity index (χ0n) is 8.65. The average molecular weight is 227 g/mol. The highest BCUT2D eigenvalue weighted by Crippen LogP contribution is 2.22. The average Bonchev–Trinajstić information content (AvgIpc) is 2.54. The molecule has 7 nitrogen and oxygen atoms in total. The topological polar surface area (TPSA) is 142 Å². The molecule has 1 aromatic rings. The van der Waals surface area contributed by atoms with Gasteiger partial charge in [0.05, 0.1) is 11.6 Å². The molecule has 0 bridgehead atoms. The molecule has 0 fully saturated rings. The Morgan fingerprint density at radius 2 is 1.94 bits per heavy atom. The van der Waals surface area contributed by atoms with Crippen molar-refractivity contribution in [3.05, 3.63) is 22.5 Å². The lowest BCUT2D eigenvalue weighted by Gasteiger charge is -2.07. The lowest BCUT2D eigenvalue weighted by atomic mass is 10.1. The molecule has 7 heteroatoms. The van der Waals surface area contributed by atoms with E-state index in [1.54, 1.807) is 0 Å². The van der Waals surface area contributed by atoms with E-state index in [9.17, 15) is 9.59 Å². The largest absolute Gasteiger partial charge is 0.478 e. The van der Waals surface area contributed by atoms with Crippen molar-refractivity contribution >= 4 is 11.9 Å². The van der Waals surface area contributed by atoms with Crippen molar-refractivity contribution in [2.24, 2.45) is 11.5 Å². The number of nitrogens with one attached hydrogen (secondary N) is 1. The number of aromatic nitrogens is 1. The molecule has 0 saturated heterocycles. The number of carbonyl (C=O) groups is 2. The van der Waals surface area contributed by atoms with Crippen LogP contribution in [0.1, 0.15) is 38.1 Å². The smallest absolute Gasteiger partial charge is 0.352 e. The summed E-state index contributed by atoms with van der Waals surface area (Å²) in [6, 6.07) is -0.724. The molecule has 1 atom stereocenters. The molecule has 0 aliphatic heterocycles.